The quantitative estimate of drug-likeness (QED) is 0.575. The Morgan fingerprint density at radius 2 is 2.00 bits per heavy atom. The summed E-state index contributed by atoms with van der Waals surface area (Å²) in [6.45, 7) is -1.91. The molecule has 2 aliphatic rings. The highest BCUT2D eigenvalue weighted by molar-refractivity contribution is 5.98. The summed E-state index contributed by atoms with van der Waals surface area (Å²) in [6, 6.07) is -1.23. The molecule has 0 aliphatic carbocycles. The highest BCUT2D eigenvalue weighted by Crippen LogP contribution is 2.33. The van der Waals surface area contributed by atoms with Crippen molar-refractivity contribution in [1.82, 2.24) is 10.2 Å². The summed E-state index contributed by atoms with van der Waals surface area (Å²) in [5.74, 6) is -4.02. The van der Waals surface area contributed by atoms with Crippen LogP contribution in [-0.4, -0.2) is 71.0 Å². The van der Waals surface area contributed by atoms with Crippen molar-refractivity contribution >= 4 is 11.9 Å². The average molecular weight is 316 g/mol. The fraction of sp³-hybridized carbons (Fsp3) is 0.800. The molecular weight excluding hydrogens is 304 g/mol. The monoisotopic (exact) mass is 316 g/mol. The number of imide groups is 1. The van der Waals surface area contributed by atoms with Crippen LogP contribution in [0.3, 0.4) is 0 Å². The van der Waals surface area contributed by atoms with Gasteiger partial charge in [0.25, 0.3) is 0 Å². The van der Waals surface area contributed by atoms with E-state index in [0.717, 1.165) is 0 Å². The number of halogens is 4. The van der Waals surface area contributed by atoms with Crippen molar-refractivity contribution in [1.29, 1.82) is 0 Å². The maximum atomic E-state index is 13.5. The fourth-order valence-corrected chi connectivity index (χ4v) is 2.21. The second-order valence-electron chi connectivity index (χ2n) is 4.72. The molecule has 0 saturated carbocycles. The Morgan fingerprint density at radius 1 is 1.38 bits per heavy atom. The molecule has 0 bridgehead atoms. The van der Waals surface area contributed by atoms with Gasteiger partial charge >= 0.3 is 12.2 Å². The Balaban J connectivity index is 2.19. The van der Waals surface area contributed by atoms with Gasteiger partial charge in [0.1, 0.15) is 12.2 Å². The highest BCUT2D eigenvalue weighted by Gasteiger charge is 2.54. The normalized spacial score (nSPS) is 37.8. The van der Waals surface area contributed by atoms with Crippen LogP contribution in [0.25, 0.3) is 0 Å². The molecule has 7 nitrogen and oxygen atoms in total. The van der Waals surface area contributed by atoms with Gasteiger partial charge in [-0.15, -0.1) is 0 Å². The molecule has 0 aromatic rings. The van der Waals surface area contributed by atoms with Gasteiger partial charge < -0.3 is 14.9 Å². The van der Waals surface area contributed by atoms with E-state index in [2.05, 4.69) is 0 Å². The summed E-state index contributed by atoms with van der Waals surface area (Å²) in [5, 5.41) is 19.9. The molecular formula is C10H12F4N2O5. The number of hydrogen-bond acceptors (Lipinski definition) is 5. The third-order valence-electron chi connectivity index (χ3n) is 3.36. The zero-order valence-electron chi connectivity index (χ0n) is 10.4. The van der Waals surface area contributed by atoms with Crippen LogP contribution in [0.4, 0.5) is 22.4 Å². The van der Waals surface area contributed by atoms with E-state index in [9.17, 15) is 32.3 Å². The minimum atomic E-state index is -4.90. The maximum Gasteiger partial charge on any atom is 0.402 e. The van der Waals surface area contributed by atoms with Gasteiger partial charge in [0.2, 0.25) is 5.91 Å². The first-order valence-electron chi connectivity index (χ1n) is 5.93. The van der Waals surface area contributed by atoms with E-state index >= 15 is 0 Å². The first-order chi connectivity index (χ1) is 9.66. The zero-order valence-corrected chi connectivity index (χ0v) is 10.4. The van der Waals surface area contributed by atoms with E-state index in [1.54, 1.807) is 0 Å². The SMILES string of the molecule is O=C1NC(=O)N([C@@H]2O[C@H](CO)[C@@H](F)[C@H]2O)CC1C(F)(F)F. The van der Waals surface area contributed by atoms with E-state index in [0.29, 0.717) is 4.90 Å². The van der Waals surface area contributed by atoms with Gasteiger partial charge in [0, 0.05) is 6.54 Å². The van der Waals surface area contributed by atoms with E-state index in [4.69, 9.17) is 9.84 Å². The van der Waals surface area contributed by atoms with Crippen LogP contribution in [0.2, 0.25) is 0 Å². The molecule has 0 aromatic carbocycles. The molecule has 1 unspecified atom stereocenters. The number of urea groups is 1. The van der Waals surface area contributed by atoms with Crippen molar-refractivity contribution in [3.63, 3.8) is 0 Å². The number of aliphatic hydroxyl groups excluding tert-OH is 2. The molecule has 2 saturated heterocycles. The number of carbonyl (C=O) groups excluding carboxylic acids is 2. The molecule has 3 N–H and O–H groups in total. The van der Waals surface area contributed by atoms with Gasteiger partial charge in [-0.25, -0.2) is 9.18 Å². The maximum absolute atomic E-state index is 13.5. The number of aliphatic hydroxyl groups is 2. The lowest BCUT2D eigenvalue weighted by Crippen LogP contribution is -2.62. The Bertz CT molecular complexity index is 446. The largest absolute Gasteiger partial charge is 0.402 e. The predicted octanol–water partition coefficient (Wildman–Crippen LogP) is -0.867. The smallest absolute Gasteiger partial charge is 0.394 e. The first-order valence-corrected chi connectivity index (χ1v) is 5.93. The van der Waals surface area contributed by atoms with Crippen LogP contribution in [0.1, 0.15) is 0 Å². The van der Waals surface area contributed by atoms with E-state index in [-0.39, 0.29) is 0 Å². The predicted molar refractivity (Wildman–Crippen MR) is 56.4 cm³/mol. The molecule has 2 fully saturated rings. The first kappa shape index (κ1) is 15.9. The summed E-state index contributed by atoms with van der Waals surface area (Å²) < 4.78 is 56.4. The van der Waals surface area contributed by atoms with Crippen LogP contribution in [0.15, 0.2) is 0 Å². The Kier molecular flexibility index (Phi) is 4.08. The number of nitrogens with zero attached hydrogens (tertiary/aromatic N) is 1. The fourth-order valence-electron chi connectivity index (χ4n) is 2.21. The van der Waals surface area contributed by atoms with Crippen molar-refractivity contribution in [2.75, 3.05) is 13.2 Å². The Labute approximate surface area is 115 Å². The second-order valence-corrected chi connectivity index (χ2v) is 4.72. The number of carbonyl (C=O) groups is 2. The lowest BCUT2D eigenvalue weighted by molar-refractivity contribution is -0.194. The highest BCUT2D eigenvalue weighted by atomic mass is 19.4. The summed E-state index contributed by atoms with van der Waals surface area (Å²) in [7, 11) is 0. The van der Waals surface area contributed by atoms with Gasteiger partial charge in [-0.1, -0.05) is 0 Å². The molecule has 0 spiro atoms. The third-order valence-corrected chi connectivity index (χ3v) is 3.36. The lowest BCUT2D eigenvalue weighted by Gasteiger charge is -2.36. The standard InChI is InChI=1S/C10H12F4N2O5/c11-5-4(2-17)21-8(6(5)18)16-1-3(10(12,13)14)7(19)15-9(16)20/h3-6,8,17-18H,1-2H2,(H,15,19,20)/t3?,4-,5-,6-,8-/m1/s1. The number of hydrogen-bond donors (Lipinski definition) is 3. The molecule has 2 rings (SSSR count). The summed E-state index contributed by atoms with van der Waals surface area (Å²) in [5.41, 5.74) is 0. The molecule has 120 valence electrons. The van der Waals surface area contributed by atoms with Crippen LogP contribution in [0, 0.1) is 5.92 Å². The van der Waals surface area contributed by atoms with Crippen LogP contribution in [0.5, 0.6) is 0 Å². The van der Waals surface area contributed by atoms with Crippen LogP contribution >= 0.6 is 0 Å². The van der Waals surface area contributed by atoms with Crippen molar-refractivity contribution in [2.45, 2.75) is 30.8 Å². The molecule has 0 aromatic heterocycles. The summed E-state index contributed by atoms with van der Waals surface area (Å²) in [4.78, 5) is 23.1. The number of alkyl halides is 4. The van der Waals surface area contributed by atoms with Crippen molar-refractivity contribution in [3.8, 4) is 0 Å². The van der Waals surface area contributed by atoms with Gasteiger partial charge in [0.15, 0.2) is 18.3 Å². The summed E-state index contributed by atoms with van der Waals surface area (Å²) >= 11 is 0. The van der Waals surface area contributed by atoms with E-state index in [1.165, 1.54) is 5.32 Å². The zero-order chi connectivity index (χ0) is 15.9. The number of nitrogens with one attached hydrogen (secondary N) is 1. The molecule has 3 amide bonds. The Hall–Kier alpha value is -1.46. The number of rotatable bonds is 2. The Morgan fingerprint density at radius 3 is 2.48 bits per heavy atom. The van der Waals surface area contributed by atoms with Crippen molar-refractivity contribution < 1.29 is 42.1 Å². The van der Waals surface area contributed by atoms with Gasteiger partial charge in [-0.2, -0.15) is 13.2 Å². The summed E-state index contributed by atoms with van der Waals surface area (Å²) in [6.07, 6.45) is -12.1. The minimum absolute atomic E-state index is 0.395. The molecule has 0 radical (unpaired) electrons. The molecule has 2 aliphatic heterocycles. The van der Waals surface area contributed by atoms with Crippen LogP contribution < -0.4 is 5.32 Å². The molecule has 2 heterocycles. The van der Waals surface area contributed by atoms with Gasteiger partial charge in [-0.05, 0) is 0 Å². The lowest BCUT2D eigenvalue weighted by atomic mass is 10.0. The van der Waals surface area contributed by atoms with E-state index in [1.807, 2.05) is 0 Å². The third kappa shape index (κ3) is 2.80. The van der Waals surface area contributed by atoms with Gasteiger partial charge in [0.05, 0.1) is 6.61 Å². The number of ether oxygens (including phenoxy) is 1. The molecule has 21 heavy (non-hydrogen) atoms. The van der Waals surface area contributed by atoms with Crippen molar-refractivity contribution in [3.05, 3.63) is 0 Å². The second kappa shape index (κ2) is 5.39. The minimum Gasteiger partial charge on any atom is -0.394 e. The van der Waals surface area contributed by atoms with Crippen molar-refractivity contribution in [2.24, 2.45) is 5.92 Å². The topological polar surface area (TPSA) is 99.1 Å². The van der Waals surface area contributed by atoms with E-state index < -0.39 is 61.8 Å². The molecule has 5 atom stereocenters. The molecule has 11 heteroatoms. The number of amides is 3. The van der Waals surface area contributed by atoms with Crippen LogP contribution in [-0.2, 0) is 9.53 Å². The van der Waals surface area contributed by atoms with Gasteiger partial charge in [-0.3, -0.25) is 15.0 Å². The average Bonchev–Trinajstić information content (AvgIpc) is 2.65.